The molecule has 0 bridgehead atoms. The van der Waals surface area contributed by atoms with Crippen molar-refractivity contribution in [3.63, 3.8) is 0 Å². The van der Waals surface area contributed by atoms with Crippen LogP contribution < -0.4 is 0 Å². The summed E-state index contributed by atoms with van der Waals surface area (Å²) < 4.78 is 0. The Labute approximate surface area is 85.2 Å². The zero-order valence-electron chi connectivity index (χ0n) is 7.58. The molecule has 1 N–H and O–H groups in total. The number of hydrogen-bond donors (Lipinski definition) is 1. The van der Waals surface area contributed by atoms with Crippen molar-refractivity contribution in [1.82, 2.24) is 4.98 Å². The topological polar surface area (TPSA) is 99.0 Å². The molecule has 0 saturated heterocycles. The summed E-state index contributed by atoms with van der Waals surface area (Å²) in [6.07, 6.45) is 2.68. The molecule has 1 aromatic rings. The second-order valence-corrected chi connectivity index (χ2v) is 2.46. The van der Waals surface area contributed by atoms with Crippen LogP contribution >= 0.6 is 0 Å². The first kappa shape index (κ1) is 10.6. The molecule has 6 nitrogen and oxygen atoms in total. The van der Waals surface area contributed by atoms with Crippen molar-refractivity contribution < 1.29 is 9.90 Å². The van der Waals surface area contributed by atoms with Crippen molar-refractivity contribution >= 4 is 5.97 Å². The van der Waals surface area contributed by atoms with E-state index >= 15 is 0 Å². The van der Waals surface area contributed by atoms with Crippen LogP contribution in [0, 0.1) is 11.8 Å². The van der Waals surface area contributed by atoms with E-state index in [9.17, 15) is 4.79 Å². The quantitative estimate of drug-likeness (QED) is 0.340. The summed E-state index contributed by atoms with van der Waals surface area (Å²) in [6.45, 7) is 0.0494. The standard InChI is InChI=1S/C9H6N4O2/c10-13-12-3-1-2-7-4-8(9(14)15)6-11-5-7/h4-6H,3H2,(H,14,15). The van der Waals surface area contributed by atoms with Crippen LogP contribution in [0.2, 0.25) is 0 Å². The number of rotatable bonds is 2. The van der Waals surface area contributed by atoms with Gasteiger partial charge in [-0.05, 0) is 11.6 Å². The first-order chi connectivity index (χ1) is 7.24. The fourth-order valence-electron chi connectivity index (χ4n) is 0.834. The van der Waals surface area contributed by atoms with E-state index in [0.717, 1.165) is 0 Å². The van der Waals surface area contributed by atoms with Gasteiger partial charge in [0, 0.05) is 22.9 Å². The van der Waals surface area contributed by atoms with Crippen molar-refractivity contribution in [1.29, 1.82) is 0 Å². The zero-order valence-corrected chi connectivity index (χ0v) is 7.58. The van der Waals surface area contributed by atoms with Gasteiger partial charge in [0.1, 0.15) is 0 Å². The van der Waals surface area contributed by atoms with Gasteiger partial charge in [-0.2, -0.15) is 0 Å². The van der Waals surface area contributed by atoms with Crippen molar-refractivity contribution in [3.05, 3.63) is 40.0 Å². The van der Waals surface area contributed by atoms with Crippen LogP contribution in [0.1, 0.15) is 15.9 Å². The fourth-order valence-corrected chi connectivity index (χ4v) is 0.834. The maximum Gasteiger partial charge on any atom is 0.337 e. The Kier molecular flexibility index (Phi) is 3.71. The van der Waals surface area contributed by atoms with Gasteiger partial charge in [-0.15, -0.1) is 0 Å². The number of pyridine rings is 1. The maximum absolute atomic E-state index is 10.6. The number of aromatic nitrogens is 1. The van der Waals surface area contributed by atoms with Gasteiger partial charge >= 0.3 is 5.97 Å². The first-order valence-corrected chi connectivity index (χ1v) is 3.92. The molecular formula is C9H6N4O2. The minimum absolute atomic E-state index is 0.0494. The normalized spacial score (nSPS) is 8.27. The lowest BCUT2D eigenvalue weighted by Gasteiger charge is -1.93. The largest absolute Gasteiger partial charge is 0.478 e. The number of carboxylic acid groups (broad SMARTS) is 1. The molecule has 0 aliphatic heterocycles. The second-order valence-electron chi connectivity index (χ2n) is 2.46. The molecule has 0 aliphatic rings. The molecule has 6 heteroatoms. The van der Waals surface area contributed by atoms with Crippen molar-refractivity contribution in [2.24, 2.45) is 5.11 Å². The van der Waals surface area contributed by atoms with Crippen LogP contribution in [0.15, 0.2) is 23.6 Å². The van der Waals surface area contributed by atoms with Gasteiger partial charge in [-0.1, -0.05) is 17.0 Å². The third-order valence-electron chi connectivity index (χ3n) is 1.43. The highest BCUT2D eigenvalue weighted by atomic mass is 16.4. The molecule has 15 heavy (non-hydrogen) atoms. The van der Waals surface area contributed by atoms with E-state index in [-0.39, 0.29) is 12.1 Å². The molecule has 1 heterocycles. The van der Waals surface area contributed by atoms with Gasteiger partial charge in [0.2, 0.25) is 0 Å². The highest BCUT2D eigenvalue weighted by molar-refractivity contribution is 5.87. The lowest BCUT2D eigenvalue weighted by Crippen LogP contribution is -1.97. The van der Waals surface area contributed by atoms with E-state index in [0.29, 0.717) is 5.56 Å². The summed E-state index contributed by atoms with van der Waals surface area (Å²) in [5.74, 6) is 4.14. The zero-order chi connectivity index (χ0) is 11.1. The van der Waals surface area contributed by atoms with Gasteiger partial charge in [-0.3, -0.25) is 4.98 Å². The third kappa shape index (κ3) is 3.38. The molecule has 0 radical (unpaired) electrons. The molecule has 0 saturated carbocycles. The Hall–Kier alpha value is -2.51. The molecule has 0 aromatic carbocycles. The molecule has 0 spiro atoms. The highest BCUT2D eigenvalue weighted by Gasteiger charge is 2.01. The summed E-state index contributed by atoms with van der Waals surface area (Å²) in [4.78, 5) is 16.8. The van der Waals surface area contributed by atoms with E-state index in [1.165, 1.54) is 18.5 Å². The predicted octanol–water partition coefficient (Wildman–Crippen LogP) is 1.44. The van der Waals surface area contributed by atoms with Crippen LogP contribution in [0.3, 0.4) is 0 Å². The summed E-state index contributed by atoms with van der Waals surface area (Å²) in [5, 5.41) is 11.9. The Morgan fingerprint density at radius 2 is 2.47 bits per heavy atom. The summed E-state index contributed by atoms with van der Waals surface area (Å²) in [5.41, 5.74) is 8.53. The fraction of sp³-hybridized carbons (Fsp3) is 0.111. The van der Waals surface area contributed by atoms with Gasteiger partial charge in [-0.25, -0.2) is 4.79 Å². The average Bonchev–Trinajstić information content (AvgIpc) is 2.25. The monoisotopic (exact) mass is 202 g/mol. The first-order valence-electron chi connectivity index (χ1n) is 3.92. The van der Waals surface area contributed by atoms with Gasteiger partial charge < -0.3 is 5.11 Å². The summed E-state index contributed by atoms with van der Waals surface area (Å²) in [7, 11) is 0. The van der Waals surface area contributed by atoms with Crippen LogP contribution in [0.4, 0.5) is 0 Å². The molecule has 1 aromatic heterocycles. The van der Waals surface area contributed by atoms with E-state index in [2.05, 4.69) is 26.9 Å². The average molecular weight is 202 g/mol. The summed E-state index contributed by atoms with van der Waals surface area (Å²) >= 11 is 0. The van der Waals surface area contributed by atoms with E-state index < -0.39 is 5.97 Å². The van der Waals surface area contributed by atoms with Crippen LogP contribution in [-0.2, 0) is 0 Å². The molecule has 0 unspecified atom stereocenters. The second kappa shape index (κ2) is 5.27. The number of aromatic carboxylic acids is 1. The molecule has 1 rings (SSSR count). The number of nitrogens with zero attached hydrogens (tertiary/aromatic N) is 4. The van der Waals surface area contributed by atoms with Crippen LogP contribution in [0.5, 0.6) is 0 Å². The lowest BCUT2D eigenvalue weighted by molar-refractivity contribution is 0.0696. The van der Waals surface area contributed by atoms with E-state index in [1.54, 1.807) is 0 Å². The number of azide groups is 1. The third-order valence-corrected chi connectivity index (χ3v) is 1.43. The Balaban J connectivity index is 2.84. The number of hydrogen-bond acceptors (Lipinski definition) is 3. The SMILES string of the molecule is [N-]=[N+]=NCC#Cc1cncc(C(=O)O)c1. The molecular weight excluding hydrogens is 196 g/mol. The van der Waals surface area contributed by atoms with Gasteiger partial charge in [0.05, 0.1) is 12.1 Å². The van der Waals surface area contributed by atoms with E-state index in [4.69, 9.17) is 10.6 Å². The van der Waals surface area contributed by atoms with Crippen molar-refractivity contribution in [2.45, 2.75) is 0 Å². The minimum Gasteiger partial charge on any atom is -0.478 e. The molecule has 0 fully saturated rings. The Bertz CT molecular complexity index is 480. The minimum atomic E-state index is -1.05. The predicted molar refractivity (Wildman–Crippen MR) is 52.1 cm³/mol. The van der Waals surface area contributed by atoms with Crippen LogP contribution in [0.25, 0.3) is 10.4 Å². The maximum atomic E-state index is 10.6. The molecule has 0 amide bonds. The Morgan fingerprint density at radius 3 is 3.13 bits per heavy atom. The lowest BCUT2D eigenvalue weighted by atomic mass is 10.2. The van der Waals surface area contributed by atoms with Crippen LogP contribution in [-0.4, -0.2) is 22.6 Å². The number of carbonyl (C=O) groups is 1. The highest BCUT2D eigenvalue weighted by Crippen LogP contribution is 2.00. The molecule has 74 valence electrons. The van der Waals surface area contributed by atoms with E-state index in [1.807, 2.05) is 0 Å². The van der Waals surface area contributed by atoms with Crippen molar-refractivity contribution in [3.8, 4) is 11.8 Å². The summed E-state index contributed by atoms with van der Waals surface area (Å²) in [6, 6.07) is 1.40. The van der Waals surface area contributed by atoms with Gasteiger partial charge in [0.15, 0.2) is 0 Å². The molecule has 0 aliphatic carbocycles. The van der Waals surface area contributed by atoms with Crippen molar-refractivity contribution in [2.75, 3.05) is 6.54 Å². The number of carboxylic acids is 1. The Morgan fingerprint density at radius 1 is 1.67 bits per heavy atom. The molecule has 0 atom stereocenters. The van der Waals surface area contributed by atoms with Gasteiger partial charge in [0.25, 0.3) is 0 Å². The smallest absolute Gasteiger partial charge is 0.337 e.